The molecule has 0 aromatic rings. The minimum absolute atomic E-state index is 0.205. The molecular formula is C7H14F2N2O. The Morgan fingerprint density at radius 2 is 2.17 bits per heavy atom. The molecular weight excluding hydrogens is 166 g/mol. The maximum absolute atomic E-state index is 11.9. The standard InChI is InChI=1S/C7H14F2N2O/c1-2-7(12)11(4-3-10)5-6(8)9/h6H,2-5,10H2,1H3. The first kappa shape index (κ1) is 11.3. The number of rotatable bonds is 5. The van der Waals surface area contributed by atoms with Crippen LogP contribution in [0.15, 0.2) is 0 Å². The first-order chi connectivity index (χ1) is 5.61. The number of amides is 1. The van der Waals surface area contributed by atoms with E-state index in [-0.39, 0.29) is 25.4 Å². The van der Waals surface area contributed by atoms with Crippen molar-refractivity contribution in [2.45, 2.75) is 19.8 Å². The third-order valence-corrected chi connectivity index (χ3v) is 1.41. The van der Waals surface area contributed by atoms with Gasteiger partial charge in [0.25, 0.3) is 6.43 Å². The summed E-state index contributed by atoms with van der Waals surface area (Å²) in [5.74, 6) is -0.277. The van der Waals surface area contributed by atoms with Gasteiger partial charge in [0.2, 0.25) is 5.91 Å². The first-order valence-electron chi connectivity index (χ1n) is 3.87. The van der Waals surface area contributed by atoms with Crippen LogP contribution in [0, 0.1) is 0 Å². The predicted octanol–water partition coefficient (Wildman–Crippen LogP) is 0.449. The van der Waals surface area contributed by atoms with E-state index in [2.05, 4.69) is 0 Å². The summed E-state index contributed by atoms with van der Waals surface area (Å²) in [5.41, 5.74) is 5.16. The number of hydrogen-bond donors (Lipinski definition) is 1. The Balaban J connectivity index is 3.94. The lowest BCUT2D eigenvalue weighted by Gasteiger charge is -2.20. The highest BCUT2D eigenvalue weighted by Gasteiger charge is 2.15. The smallest absolute Gasteiger partial charge is 0.255 e. The molecule has 3 nitrogen and oxygen atoms in total. The maximum atomic E-state index is 11.9. The first-order valence-corrected chi connectivity index (χ1v) is 3.87. The summed E-state index contributed by atoms with van der Waals surface area (Å²) in [4.78, 5) is 12.1. The van der Waals surface area contributed by atoms with Gasteiger partial charge in [0.05, 0.1) is 6.54 Å². The summed E-state index contributed by atoms with van der Waals surface area (Å²) in [6.07, 6.45) is -2.24. The summed E-state index contributed by atoms with van der Waals surface area (Å²) in [7, 11) is 0. The van der Waals surface area contributed by atoms with Crippen LogP contribution in [0.1, 0.15) is 13.3 Å². The van der Waals surface area contributed by atoms with E-state index >= 15 is 0 Å². The van der Waals surface area contributed by atoms with Crippen LogP contribution in [0.2, 0.25) is 0 Å². The summed E-state index contributed by atoms with van der Waals surface area (Å²) in [6, 6.07) is 0. The second-order valence-corrected chi connectivity index (χ2v) is 2.37. The lowest BCUT2D eigenvalue weighted by atomic mass is 10.3. The molecule has 0 saturated heterocycles. The lowest BCUT2D eigenvalue weighted by molar-refractivity contribution is -0.132. The quantitative estimate of drug-likeness (QED) is 0.667. The number of carbonyl (C=O) groups is 1. The van der Waals surface area contributed by atoms with Crippen LogP contribution in [0.5, 0.6) is 0 Å². The van der Waals surface area contributed by atoms with Crippen LogP contribution in [0.25, 0.3) is 0 Å². The fourth-order valence-corrected chi connectivity index (χ4v) is 0.864. The number of hydrogen-bond acceptors (Lipinski definition) is 2. The van der Waals surface area contributed by atoms with Crippen LogP contribution < -0.4 is 5.73 Å². The summed E-state index contributed by atoms with van der Waals surface area (Å²) < 4.78 is 23.7. The van der Waals surface area contributed by atoms with Gasteiger partial charge in [-0.25, -0.2) is 8.78 Å². The van der Waals surface area contributed by atoms with E-state index in [1.54, 1.807) is 6.92 Å². The molecule has 0 aromatic carbocycles. The third-order valence-electron chi connectivity index (χ3n) is 1.41. The Kier molecular flexibility index (Phi) is 5.53. The molecule has 0 spiro atoms. The SMILES string of the molecule is CCC(=O)N(CCN)CC(F)F. The third kappa shape index (κ3) is 4.23. The Morgan fingerprint density at radius 3 is 2.50 bits per heavy atom. The van der Waals surface area contributed by atoms with Crippen molar-refractivity contribution in [1.29, 1.82) is 0 Å². The predicted molar refractivity (Wildman–Crippen MR) is 41.9 cm³/mol. The summed E-state index contributed by atoms with van der Waals surface area (Å²) in [6.45, 7) is 1.55. The van der Waals surface area contributed by atoms with Crippen molar-refractivity contribution in [3.05, 3.63) is 0 Å². The molecule has 1 amide bonds. The number of halogens is 2. The van der Waals surface area contributed by atoms with Gasteiger partial charge in [-0.05, 0) is 0 Å². The van der Waals surface area contributed by atoms with Crippen LogP contribution in [0.4, 0.5) is 8.78 Å². The highest BCUT2D eigenvalue weighted by molar-refractivity contribution is 5.75. The fourth-order valence-electron chi connectivity index (χ4n) is 0.864. The zero-order chi connectivity index (χ0) is 9.56. The monoisotopic (exact) mass is 180 g/mol. The van der Waals surface area contributed by atoms with Crippen LogP contribution in [-0.4, -0.2) is 36.9 Å². The van der Waals surface area contributed by atoms with Gasteiger partial charge < -0.3 is 10.6 Å². The van der Waals surface area contributed by atoms with Crippen LogP contribution in [0.3, 0.4) is 0 Å². The van der Waals surface area contributed by atoms with E-state index in [9.17, 15) is 13.6 Å². The second kappa shape index (κ2) is 5.88. The molecule has 2 N–H and O–H groups in total. The van der Waals surface area contributed by atoms with Crippen molar-refractivity contribution >= 4 is 5.91 Å². The average Bonchev–Trinajstić information content (AvgIpc) is 2.01. The van der Waals surface area contributed by atoms with Gasteiger partial charge in [-0.1, -0.05) is 6.92 Å². The molecule has 0 aliphatic rings. The van der Waals surface area contributed by atoms with E-state index in [4.69, 9.17) is 5.73 Å². The minimum atomic E-state index is -2.48. The second-order valence-electron chi connectivity index (χ2n) is 2.37. The van der Waals surface area contributed by atoms with E-state index in [1.165, 1.54) is 0 Å². The van der Waals surface area contributed by atoms with E-state index in [1.807, 2.05) is 0 Å². The molecule has 0 aliphatic heterocycles. The molecule has 0 radical (unpaired) electrons. The van der Waals surface area contributed by atoms with Gasteiger partial charge in [-0.2, -0.15) is 0 Å². The molecule has 72 valence electrons. The number of carbonyl (C=O) groups excluding carboxylic acids is 1. The topological polar surface area (TPSA) is 46.3 Å². The molecule has 5 heteroatoms. The molecule has 0 heterocycles. The lowest BCUT2D eigenvalue weighted by Crippen LogP contribution is -2.38. The van der Waals surface area contributed by atoms with Crippen molar-refractivity contribution in [2.24, 2.45) is 5.73 Å². The van der Waals surface area contributed by atoms with Crippen molar-refractivity contribution in [3.63, 3.8) is 0 Å². The van der Waals surface area contributed by atoms with Gasteiger partial charge in [-0.15, -0.1) is 0 Å². The molecule has 0 atom stereocenters. The Bertz CT molecular complexity index is 141. The van der Waals surface area contributed by atoms with Crippen LogP contribution >= 0.6 is 0 Å². The Morgan fingerprint density at radius 1 is 1.58 bits per heavy atom. The molecule has 0 rings (SSSR count). The zero-order valence-corrected chi connectivity index (χ0v) is 7.09. The normalized spacial score (nSPS) is 10.4. The van der Waals surface area contributed by atoms with Crippen molar-refractivity contribution < 1.29 is 13.6 Å². The molecule has 0 bridgehead atoms. The summed E-state index contributed by atoms with van der Waals surface area (Å²) in [5, 5.41) is 0. The molecule has 0 fully saturated rings. The van der Waals surface area contributed by atoms with Gasteiger partial charge in [0.15, 0.2) is 0 Å². The maximum Gasteiger partial charge on any atom is 0.255 e. The minimum Gasteiger partial charge on any atom is -0.336 e. The number of nitrogens with two attached hydrogens (primary N) is 1. The van der Waals surface area contributed by atoms with Crippen molar-refractivity contribution in [3.8, 4) is 0 Å². The number of alkyl halides is 2. The fraction of sp³-hybridized carbons (Fsp3) is 0.857. The van der Waals surface area contributed by atoms with Crippen LogP contribution in [-0.2, 0) is 4.79 Å². The zero-order valence-electron chi connectivity index (χ0n) is 7.09. The van der Waals surface area contributed by atoms with Gasteiger partial charge in [-0.3, -0.25) is 4.79 Å². The van der Waals surface area contributed by atoms with Gasteiger partial charge in [0.1, 0.15) is 0 Å². The molecule has 0 saturated carbocycles. The summed E-state index contributed by atoms with van der Waals surface area (Å²) >= 11 is 0. The largest absolute Gasteiger partial charge is 0.336 e. The Labute approximate surface area is 70.5 Å². The average molecular weight is 180 g/mol. The molecule has 0 aliphatic carbocycles. The molecule has 12 heavy (non-hydrogen) atoms. The van der Waals surface area contributed by atoms with Crippen molar-refractivity contribution in [2.75, 3.05) is 19.6 Å². The van der Waals surface area contributed by atoms with E-state index in [0.29, 0.717) is 0 Å². The highest BCUT2D eigenvalue weighted by atomic mass is 19.3. The molecule has 0 unspecified atom stereocenters. The number of nitrogens with zero attached hydrogens (tertiary/aromatic N) is 1. The molecule has 0 aromatic heterocycles. The van der Waals surface area contributed by atoms with Crippen molar-refractivity contribution in [1.82, 2.24) is 4.90 Å². The van der Waals surface area contributed by atoms with E-state index < -0.39 is 13.0 Å². The highest BCUT2D eigenvalue weighted by Crippen LogP contribution is 1.99. The Hall–Kier alpha value is -0.710. The van der Waals surface area contributed by atoms with Gasteiger partial charge >= 0.3 is 0 Å². The van der Waals surface area contributed by atoms with Gasteiger partial charge in [0, 0.05) is 19.5 Å². The van der Waals surface area contributed by atoms with E-state index in [0.717, 1.165) is 4.90 Å².